The summed E-state index contributed by atoms with van der Waals surface area (Å²) in [7, 11) is 1.42. The van der Waals surface area contributed by atoms with Crippen molar-refractivity contribution >= 4 is 5.91 Å². The summed E-state index contributed by atoms with van der Waals surface area (Å²) in [4.78, 5) is 13.9. The van der Waals surface area contributed by atoms with Crippen molar-refractivity contribution < 1.29 is 23.4 Å². The van der Waals surface area contributed by atoms with Gasteiger partial charge in [0.15, 0.2) is 5.69 Å². The Morgan fingerprint density at radius 3 is 2.75 bits per heavy atom. The van der Waals surface area contributed by atoms with E-state index in [1.54, 1.807) is 0 Å². The summed E-state index contributed by atoms with van der Waals surface area (Å²) in [5, 5.41) is 17.4. The second-order valence-corrected chi connectivity index (χ2v) is 5.49. The fourth-order valence-electron chi connectivity index (χ4n) is 2.79. The summed E-state index contributed by atoms with van der Waals surface area (Å²) in [6.07, 6.45) is -0.705. The zero-order chi connectivity index (χ0) is 17.3. The third-order valence-corrected chi connectivity index (χ3v) is 3.93. The van der Waals surface area contributed by atoms with Crippen molar-refractivity contribution in [2.75, 3.05) is 13.7 Å². The van der Waals surface area contributed by atoms with Crippen LogP contribution in [0.25, 0.3) is 0 Å². The fraction of sp³-hybridized carbons (Fsp3) is 0.312. The number of nitrogens with zero attached hydrogens (tertiary/aromatic N) is 3. The molecule has 0 bridgehead atoms. The van der Waals surface area contributed by atoms with Crippen molar-refractivity contribution in [3.8, 4) is 5.88 Å². The van der Waals surface area contributed by atoms with Gasteiger partial charge in [-0.25, -0.2) is 8.78 Å². The molecule has 0 saturated carbocycles. The predicted molar refractivity (Wildman–Crippen MR) is 79.3 cm³/mol. The number of aliphatic hydroxyl groups excluding tert-OH is 1. The highest BCUT2D eigenvalue weighted by Crippen LogP contribution is 2.34. The van der Waals surface area contributed by atoms with E-state index in [1.807, 2.05) is 0 Å². The number of benzene rings is 1. The Hall–Kier alpha value is -2.61. The number of carbonyl (C=O) groups is 1. The van der Waals surface area contributed by atoms with E-state index in [2.05, 4.69) is 10.2 Å². The second-order valence-electron chi connectivity index (χ2n) is 5.49. The van der Waals surface area contributed by atoms with E-state index in [9.17, 15) is 18.7 Å². The smallest absolute Gasteiger partial charge is 0.274 e. The molecule has 1 aromatic carbocycles. The van der Waals surface area contributed by atoms with Crippen LogP contribution in [0.1, 0.15) is 28.5 Å². The Balaban J connectivity index is 1.92. The molecule has 1 fully saturated rings. The van der Waals surface area contributed by atoms with Crippen LogP contribution >= 0.6 is 0 Å². The highest BCUT2D eigenvalue weighted by atomic mass is 19.1. The molecule has 1 N–H and O–H groups in total. The maximum Gasteiger partial charge on any atom is 0.274 e. The number of hydrogen-bond donors (Lipinski definition) is 1. The van der Waals surface area contributed by atoms with E-state index in [-0.39, 0.29) is 30.1 Å². The van der Waals surface area contributed by atoms with Gasteiger partial charge in [0.1, 0.15) is 11.6 Å². The minimum Gasteiger partial charge on any atom is -0.480 e. The van der Waals surface area contributed by atoms with Gasteiger partial charge in [0.2, 0.25) is 5.88 Å². The van der Waals surface area contributed by atoms with E-state index in [0.717, 1.165) is 18.2 Å². The van der Waals surface area contributed by atoms with Crippen LogP contribution < -0.4 is 4.74 Å². The molecule has 3 rings (SSSR count). The fourth-order valence-corrected chi connectivity index (χ4v) is 2.79. The number of carbonyl (C=O) groups excluding carboxylic acids is 1. The number of rotatable bonds is 3. The van der Waals surface area contributed by atoms with E-state index < -0.39 is 29.7 Å². The summed E-state index contributed by atoms with van der Waals surface area (Å²) < 4.78 is 32.4. The standard InChI is InChI=1S/C16H15F2N3O3/c1-24-15-5-4-13(19-20-15)16(23)21-8-10(22)7-14(21)11-6-9(17)2-3-12(11)18/h2-6,10,14,22H,7-8H2,1H3/t10-,14-/m0/s1. The summed E-state index contributed by atoms with van der Waals surface area (Å²) in [5.41, 5.74) is 0.0630. The van der Waals surface area contributed by atoms with Gasteiger partial charge in [-0.05, 0) is 30.7 Å². The molecule has 0 unspecified atom stereocenters. The van der Waals surface area contributed by atoms with Crippen LogP contribution in [-0.2, 0) is 0 Å². The van der Waals surface area contributed by atoms with Gasteiger partial charge in [-0.1, -0.05) is 0 Å². The first-order valence-electron chi connectivity index (χ1n) is 7.31. The molecular formula is C16H15F2N3O3. The maximum atomic E-state index is 14.1. The van der Waals surface area contributed by atoms with Crippen LogP contribution in [0.15, 0.2) is 30.3 Å². The Bertz CT molecular complexity index is 755. The molecule has 8 heteroatoms. The number of aliphatic hydroxyl groups is 1. The van der Waals surface area contributed by atoms with Gasteiger partial charge in [-0.3, -0.25) is 4.79 Å². The van der Waals surface area contributed by atoms with Crippen LogP contribution in [0.4, 0.5) is 8.78 Å². The van der Waals surface area contributed by atoms with Crippen LogP contribution in [0.2, 0.25) is 0 Å². The Labute approximate surface area is 136 Å². The van der Waals surface area contributed by atoms with Crippen molar-refractivity contribution in [3.63, 3.8) is 0 Å². The first-order chi connectivity index (χ1) is 11.5. The second kappa shape index (κ2) is 6.48. The van der Waals surface area contributed by atoms with Crippen molar-refractivity contribution in [2.45, 2.75) is 18.6 Å². The maximum absolute atomic E-state index is 14.1. The van der Waals surface area contributed by atoms with Gasteiger partial charge in [0, 0.05) is 18.2 Å². The minimum atomic E-state index is -0.826. The quantitative estimate of drug-likeness (QED) is 0.924. The lowest BCUT2D eigenvalue weighted by Crippen LogP contribution is -2.33. The SMILES string of the molecule is COc1ccc(C(=O)N2C[C@@H](O)C[C@H]2c2cc(F)ccc2F)nn1. The van der Waals surface area contributed by atoms with E-state index in [1.165, 1.54) is 24.1 Å². The van der Waals surface area contributed by atoms with Crippen molar-refractivity contribution in [1.29, 1.82) is 0 Å². The minimum absolute atomic E-state index is 0.00711. The first kappa shape index (κ1) is 16.3. The lowest BCUT2D eigenvalue weighted by atomic mass is 10.0. The van der Waals surface area contributed by atoms with Crippen molar-refractivity contribution in [3.05, 3.63) is 53.2 Å². The molecular weight excluding hydrogens is 320 g/mol. The number of hydrogen-bond acceptors (Lipinski definition) is 5. The normalized spacial score (nSPS) is 20.2. The molecule has 1 aliphatic rings. The predicted octanol–water partition coefficient (Wildman–Crippen LogP) is 1.71. The van der Waals surface area contributed by atoms with Crippen molar-refractivity contribution in [2.24, 2.45) is 0 Å². The van der Waals surface area contributed by atoms with Gasteiger partial charge in [0.25, 0.3) is 5.91 Å². The zero-order valence-electron chi connectivity index (χ0n) is 12.8. The Morgan fingerprint density at radius 2 is 2.08 bits per heavy atom. The molecule has 2 heterocycles. The number of methoxy groups -OCH3 is 1. The summed E-state index contributed by atoms with van der Waals surface area (Å²) >= 11 is 0. The number of halogens is 2. The monoisotopic (exact) mass is 335 g/mol. The Kier molecular flexibility index (Phi) is 4.39. The van der Waals surface area contributed by atoms with Crippen LogP contribution in [0.3, 0.4) is 0 Å². The number of ether oxygens (including phenoxy) is 1. The van der Waals surface area contributed by atoms with E-state index >= 15 is 0 Å². The van der Waals surface area contributed by atoms with Crippen molar-refractivity contribution in [1.82, 2.24) is 15.1 Å². The molecule has 0 aliphatic carbocycles. The first-order valence-corrected chi connectivity index (χ1v) is 7.31. The van der Waals surface area contributed by atoms with Gasteiger partial charge in [-0.2, -0.15) is 0 Å². The third-order valence-electron chi connectivity index (χ3n) is 3.93. The third kappa shape index (κ3) is 3.05. The molecule has 0 spiro atoms. The summed E-state index contributed by atoms with van der Waals surface area (Å²) in [5.74, 6) is -1.50. The number of β-amino-alcohol motifs (C(OH)–C–C–N with tert-alkyl or cyclic N) is 1. The number of aromatic nitrogens is 2. The topological polar surface area (TPSA) is 75.5 Å². The lowest BCUT2D eigenvalue weighted by Gasteiger charge is -2.24. The largest absolute Gasteiger partial charge is 0.480 e. The molecule has 2 atom stereocenters. The molecule has 0 radical (unpaired) electrons. The molecule has 6 nitrogen and oxygen atoms in total. The van der Waals surface area contributed by atoms with Gasteiger partial charge in [-0.15, -0.1) is 10.2 Å². The highest BCUT2D eigenvalue weighted by Gasteiger charge is 2.37. The van der Waals surface area contributed by atoms with Gasteiger partial charge < -0.3 is 14.7 Å². The number of amides is 1. The van der Waals surface area contributed by atoms with E-state index in [4.69, 9.17) is 4.74 Å². The molecule has 1 aliphatic heterocycles. The molecule has 1 saturated heterocycles. The summed E-state index contributed by atoms with van der Waals surface area (Å²) in [6.45, 7) is 0.00711. The van der Waals surface area contributed by atoms with Crippen LogP contribution in [0, 0.1) is 11.6 Å². The average Bonchev–Trinajstić information content (AvgIpc) is 2.98. The van der Waals surface area contributed by atoms with Gasteiger partial charge >= 0.3 is 0 Å². The molecule has 2 aromatic rings. The van der Waals surface area contributed by atoms with Crippen LogP contribution in [-0.4, -0.2) is 45.9 Å². The van der Waals surface area contributed by atoms with Gasteiger partial charge in [0.05, 0.1) is 19.3 Å². The zero-order valence-corrected chi connectivity index (χ0v) is 12.8. The lowest BCUT2D eigenvalue weighted by molar-refractivity contribution is 0.0706. The highest BCUT2D eigenvalue weighted by molar-refractivity contribution is 5.92. The molecule has 1 aromatic heterocycles. The van der Waals surface area contributed by atoms with E-state index in [0.29, 0.717) is 0 Å². The molecule has 1 amide bonds. The average molecular weight is 335 g/mol. The summed E-state index contributed by atoms with van der Waals surface area (Å²) in [6, 6.07) is 5.18. The Morgan fingerprint density at radius 1 is 1.29 bits per heavy atom. The molecule has 24 heavy (non-hydrogen) atoms. The number of likely N-dealkylation sites (tertiary alicyclic amines) is 1. The molecule has 126 valence electrons. The van der Waals surface area contributed by atoms with Crippen LogP contribution in [0.5, 0.6) is 5.88 Å².